The van der Waals surface area contributed by atoms with Gasteiger partial charge in [-0.3, -0.25) is 4.79 Å². The van der Waals surface area contributed by atoms with Crippen LogP contribution in [0.4, 0.5) is 0 Å². The smallest absolute Gasteiger partial charge is 0.287 e. The fourth-order valence-corrected chi connectivity index (χ4v) is 3.80. The Morgan fingerprint density at radius 2 is 2.19 bits per heavy atom. The Morgan fingerprint density at radius 3 is 2.89 bits per heavy atom. The minimum Gasteiger partial charge on any atom is -0.493 e. The van der Waals surface area contributed by atoms with E-state index in [1.165, 1.54) is 23.9 Å². The number of carbonyl (C=O) groups excluding carboxylic acids is 1. The number of hydrogen-bond donors (Lipinski definition) is 2. The lowest BCUT2D eigenvalue weighted by Gasteiger charge is -2.26. The fourth-order valence-electron chi connectivity index (χ4n) is 2.95. The Bertz CT molecular complexity index is 1020. The molecular weight excluding hydrogens is 366 g/mol. The Hall–Kier alpha value is -3.03. The van der Waals surface area contributed by atoms with E-state index in [0.29, 0.717) is 21.8 Å². The van der Waals surface area contributed by atoms with E-state index in [2.05, 4.69) is 5.32 Å². The number of aliphatic hydroxyl groups is 1. The molecule has 0 aliphatic heterocycles. The van der Waals surface area contributed by atoms with Crippen molar-refractivity contribution in [3.05, 3.63) is 76.6 Å². The summed E-state index contributed by atoms with van der Waals surface area (Å²) in [5, 5.41) is 16.6. The number of amides is 1. The Morgan fingerprint density at radius 1 is 1.30 bits per heavy atom. The number of fused-ring (bicyclic) bond motifs is 1. The highest BCUT2D eigenvalue weighted by molar-refractivity contribution is 7.10. The summed E-state index contributed by atoms with van der Waals surface area (Å²) in [4.78, 5) is 13.3. The first kappa shape index (κ1) is 17.4. The largest absolute Gasteiger partial charge is 0.493 e. The van der Waals surface area contributed by atoms with Crippen LogP contribution in [0.25, 0.3) is 11.0 Å². The number of carbonyl (C=O) groups is 1. The Labute approximate surface area is 159 Å². The highest BCUT2D eigenvalue weighted by Gasteiger charge is 2.34. The van der Waals surface area contributed by atoms with Gasteiger partial charge in [0.15, 0.2) is 17.1 Å². The van der Waals surface area contributed by atoms with E-state index in [-0.39, 0.29) is 12.3 Å². The number of furan rings is 2. The zero-order valence-corrected chi connectivity index (χ0v) is 15.3. The second-order valence-corrected chi connectivity index (χ2v) is 6.97. The first-order valence-electron chi connectivity index (χ1n) is 8.25. The lowest BCUT2D eigenvalue weighted by Crippen LogP contribution is -2.40. The van der Waals surface area contributed by atoms with Crippen molar-refractivity contribution in [2.45, 2.75) is 5.60 Å². The number of para-hydroxylation sites is 1. The number of rotatable bonds is 6. The fraction of sp³-hybridized carbons (Fsp3) is 0.150. The minimum absolute atomic E-state index is 0.0277. The summed E-state index contributed by atoms with van der Waals surface area (Å²) in [6.45, 7) is -0.0277. The average Bonchev–Trinajstić information content (AvgIpc) is 3.45. The van der Waals surface area contributed by atoms with Gasteiger partial charge < -0.3 is 24.0 Å². The third-order valence-electron chi connectivity index (χ3n) is 4.38. The molecule has 0 saturated heterocycles. The van der Waals surface area contributed by atoms with E-state index in [0.717, 1.165) is 5.39 Å². The molecule has 0 aliphatic rings. The van der Waals surface area contributed by atoms with Gasteiger partial charge in [0.1, 0.15) is 5.60 Å². The van der Waals surface area contributed by atoms with Gasteiger partial charge in [-0.1, -0.05) is 18.2 Å². The number of methoxy groups -OCH3 is 1. The van der Waals surface area contributed by atoms with Crippen molar-refractivity contribution in [2.75, 3.05) is 13.7 Å². The van der Waals surface area contributed by atoms with Gasteiger partial charge in [0.2, 0.25) is 0 Å². The molecule has 0 aliphatic carbocycles. The van der Waals surface area contributed by atoms with Crippen molar-refractivity contribution in [1.29, 1.82) is 0 Å². The molecule has 2 N–H and O–H groups in total. The van der Waals surface area contributed by atoms with Crippen molar-refractivity contribution >= 4 is 28.2 Å². The normalized spacial score (nSPS) is 13.4. The van der Waals surface area contributed by atoms with Crippen molar-refractivity contribution in [2.24, 2.45) is 0 Å². The van der Waals surface area contributed by atoms with Gasteiger partial charge in [0.25, 0.3) is 5.91 Å². The standard InChI is InChI=1S/C20H17NO5S/c1-24-15-5-2-4-13-10-16(26-18(13)15)19(22)21-12-20(23,14-7-8-25-11-14)17-6-3-9-27-17/h2-11,23H,12H2,1H3,(H,21,22)/t20-/m0/s1. The minimum atomic E-state index is -1.39. The molecule has 3 heterocycles. The van der Waals surface area contributed by atoms with Gasteiger partial charge in [-0.05, 0) is 29.6 Å². The molecule has 7 heteroatoms. The summed E-state index contributed by atoms with van der Waals surface area (Å²) in [6.07, 6.45) is 2.96. The van der Waals surface area contributed by atoms with Gasteiger partial charge in [0.05, 0.1) is 26.2 Å². The third-order valence-corrected chi connectivity index (χ3v) is 5.40. The predicted molar refractivity (Wildman–Crippen MR) is 101 cm³/mol. The molecule has 6 nitrogen and oxygen atoms in total. The summed E-state index contributed by atoms with van der Waals surface area (Å²) in [5.41, 5.74) is -0.314. The van der Waals surface area contributed by atoms with Crippen LogP contribution in [-0.4, -0.2) is 24.7 Å². The first-order valence-corrected chi connectivity index (χ1v) is 9.13. The second-order valence-electron chi connectivity index (χ2n) is 6.02. The van der Waals surface area contributed by atoms with Gasteiger partial charge in [0, 0.05) is 15.8 Å². The maximum Gasteiger partial charge on any atom is 0.287 e. The van der Waals surface area contributed by atoms with Crippen LogP contribution < -0.4 is 10.1 Å². The number of thiophene rings is 1. The van der Waals surface area contributed by atoms with Gasteiger partial charge in [-0.15, -0.1) is 11.3 Å². The predicted octanol–water partition coefficient (Wildman–Crippen LogP) is 3.76. The summed E-state index contributed by atoms with van der Waals surface area (Å²) < 4.78 is 16.0. The van der Waals surface area contributed by atoms with Crippen LogP contribution in [0.2, 0.25) is 0 Å². The summed E-state index contributed by atoms with van der Waals surface area (Å²) in [6, 6.07) is 12.4. The zero-order chi connectivity index (χ0) is 18.9. The number of ether oxygens (including phenoxy) is 1. The Balaban J connectivity index is 1.59. The van der Waals surface area contributed by atoms with Crippen LogP contribution in [0.15, 0.2) is 69.2 Å². The molecule has 0 saturated carbocycles. The van der Waals surface area contributed by atoms with Gasteiger partial charge in [-0.2, -0.15) is 0 Å². The van der Waals surface area contributed by atoms with Crippen molar-refractivity contribution in [3.8, 4) is 5.75 Å². The van der Waals surface area contributed by atoms with E-state index in [1.807, 2.05) is 29.6 Å². The number of hydrogen-bond acceptors (Lipinski definition) is 6. The molecule has 3 aromatic heterocycles. The maximum atomic E-state index is 12.6. The number of benzene rings is 1. The summed E-state index contributed by atoms with van der Waals surface area (Å²) in [7, 11) is 1.54. The van der Waals surface area contributed by atoms with E-state index in [1.54, 1.807) is 25.3 Å². The molecule has 0 unspecified atom stereocenters. The molecule has 0 spiro atoms. The van der Waals surface area contributed by atoms with Crippen molar-refractivity contribution in [3.63, 3.8) is 0 Å². The molecule has 0 fully saturated rings. The van der Waals surface area contributed by atoms with E-state index in [4.69, 9.17) is 13.6 Å². The van der Waals surface area contributed by atoms with Crippen molar-refractivity contribution in [1.82, 2.24) is 5.32 Å². The van der Waals surface area contributed by atoms with Crippen LogP contribution in [-0.2, 0) is 5.60 Å². The van der Waals surface area contributed by atoms with Crippen LogP contribution in [0, 0.1) is 0 Å². The van der Waals surface area contributed by atoms with E-state index >= 15 is 0 Å². The molecule has 1 amide bonds. The van der Waals surface area contributed by atoms with Crippen LogP contribution in [0.5, 0.6) is 5.75 Å². The number of nitrogens with one attached hydrogen (secondary N) is 1. The molecule has 27 heavy (non-hydrogen) atoms. The molecule has 1 atom stereocenters. The molecule has 4 aromatic rings. The topological polar surface area (TPSA) is 84.8 Å². The first-order chi connectivity index (χ1) is 13.1. The van der Waals surface area contributed by atoms with Crippen LogP contribution in [0.1, 0.15) is 21.0 Å². The summed E-state index contributed by atoms with van der Waals surface area (Å²) >= 11 is 1.40. The van der Waals surface area contributed by atoms with Gasteiger partial charge >= 0.3 is 0 Å². The third kappa shape index (κ3) is 3.11. The highest BCUT2D eigenvalue weighted by Crippen LogP contribution is 2.33. The molecular formula is C20H17NO5S. The van der Waals surface area contributed by atoms with E-state index < -0.39 is 11.5 Å². The van der Waals surface area contributed by atoms with E-state index in [9.17, 15) is 9.90 Å². The maximum absolute atomic E-state index is 12.6. The lowest BCUT2D eigenvalue weighted by atomic mass is 9.94. The highest BCUT2D eigenvalue weighted by atomic mass is 32.1. The van der Waals surface area contributed by atoms with Gasteiger partial charge in [-0.25, -0.2) is 0 Å². The molecule has 0 radical (unpaired) electrons. The summed E-state index contributed by atoms with van der Waals surface area (Å²) in [5.74, 6) is 0.280. The van der Waals surface area contributed by atoms with Crippen LogP contribution >= 0.6 is 11.3 Å². The molecule has 1 aromatic carbocycles. The Kier molecular flexibility index (Phi) is 4.47. The zero-order valence-electron chi connectivity index (χ0n) is 14.5. The average molecular weight is 383 g/mol. The SMILES string of the molecule is COc1cccc2cc(C(=O)NC[C@](O)(c3ccoc3)c3cccs3)oc12. The molecule has 4 rings (SSSR count). The monoisotopic (exact) mass is 383 g/mol. The quantitative estimate of drug-likeness (QED) is 0.530. The molecule has 138 valence electrons. The lowest BCUT2D eigenvalue weighted by molar-refractivity contribution is 0.0700. The second kappa shape index (κ2) is 6.94. The van der Waals surface area contributed by atoms with Crippen molar-refractivity contribution < 1.29 is 23.5 Å². The molecule has 0 bridgehead atoms. The van der Waals surface area contributed by atoms with Crippen LogP contribution in [0.3, 0.4) is 0 Å².